The fourth-order valence-corrected chi connectivity index (χ4v) is 7.73. The lowest BCUT2D eigenvalue weighted by Crippen LogP contribution is -3.00. The Morgan fingerprint density at radius 3 is 1.33 bits per heavy atom. The second kappa shape index (κ2) is 24.6. The van der Waals surface area contributed by atoms with E-state index in [0.717, 1.165) is 16.7 Å². The van der Waals surface area contributed by atoms with Gasteiger partial charge in [0.15, 0.2) is 61.5 Å². The van der Waals surface area contributed by atoms with Crippen molar-refractivity contribution >= 4 is 108 Å². The van der Waals surface area contributed by atoms with Gasteiger partial charge in [0.05, 0.1) is 41.0 Å². The molecule has 0 saturated heterocycles. The van der Waals surface area contributed by atoms with Gasteiger partial charge in [-0.3, -0.25) is 13.7 Å². The number of nitrogen functional groups attached to an aromatic ring is 3. The molecule has 9 rings (SSSR count). The Labute approximate surface area is 442 Å². The quantitative estimate of drug-likeness (QED) is 0.0617. The number of hydrogen-bond donors (Lipinski definition) is 3. The maximum absolute atomic E-state index is 11.7. The number of ether oxygens (including phenoxy) is 6. The lowest BCUT2D eigenvalue weighted by molar-refractivity contribution is -0.368. The molecule has 0 spiro atoms. The van der Waals surface area contributed by atoms with Crippen LogP contribution >= 0.6 is 50.7 Å². The normalized spacial score (nSPS) is 11.2. The van der Waals surface area contributed by atoms with Crippen LogP contribution in [0.2, 0.25) is 0 Å². The van der Waals surface area contributed by atoms with E-state index < -0.39 is 15.7 Å². The predicted octanol–water partition coefficient (Wildman–Crippen LogP) is 4.57. The third kappa shape index (κ3) is 12.4. The number of carbonyl (C=O) groups is 1. The summed E-state index contributed by atoms with van der Waals surface area (Å²) in [7, 11) is 8.59. The first-order valence-corrected chi connectivity index (χ1v) is 22.8. The molecule has 0 saturated carbocycles. The molecule has 0 fully saturated rings. The van der Waals surface area contributed by atoms with Crippen molar-refractivity contribution < 1.29 is 39.3 Å². The number of nitrogens with two attached hydrogens (primary N) is 3. The monoisotopic (exact) mass is 1130 g/mol. The molecular weight excluding hydrogens is 1080 g/mol. The molecule has 388 valence electrons. The highest BCUT2D eigenvalue weighted by molar-refractivity contribution is 9.10. The number of rotatable bonds is 13. The van der Waals surface area contributed by atoms with Gasteiger partial charge in [0.2, 0.25) is 15.4 Å². The van der Waals surface area contributed by atoms with Gasteiger partial charge >= 0.3 is 11.9 Å². The average molecular weight is 1130 g/mol. The highest BCUT2D eigenvalue weighted by Gasteiger charge is 2.38. The molecule has 6 aromatic heterocycles. The van der Waals surface area contributed by atoms with Gasteiger partial charge in [0.25, 0.3) is 12.0 Å². The van der Waals surface area contributed by atoms with Crippen molar-refractivity contribution in [3.05, 3.63) is 130 Å². The van der Waals surface area contributed by atoms with Crippen LogP contribution in [0.15, 0.2) is 95.7 Å². The van der Waals surface area contributed by atoms with Crippen molar-refractivity contribution in [2.45, 2.75) is 36.8 Å². The summed E-state index contributed by atoms with van der Waals surface area (Å²) in [6.45, 7) is 1.52. The number of imidazole rings is 3. The third-order valence-corrected chi connectivity index (χ3v) is 11.5. The Balaban J connectivity index is 0.000000236. The zero-order chi connectivity index (χ0) is 51.0. The van der Waals surface area contributed by atoms with Crippen molar-refractivity contribution in [1.29, 1.82) is 0 Å². The molecule has 0 radical (unpaired) electrons. The molecule has 3 aromatic carbocycles. The van der Waals surface area contributed by atoms with Crippen LogP contribution in [0.3, 0.4) is 0 Å². The summed E-state index contributed by atoms with van der Waals surface area (Å²) in [5.74, 6) is -1.77. The van der Waals surface area contributed by atoms with Crippen LogP contribution in [0.5, 0.6) is 12.0 Å². The Kier molecular flexibility index (Phi) is 19.1. The summed E-state index contributed by atoms with van der Waals surface area (Å²) in [4.78, 5) is 50.0. The molecule has 73 heavy (non-hydrogen) atoms. The maximum Gasteiger partial charge on any atom is 0.376 e. The number of hydrogen-bond acceptors (Lipinski definition) is 19. The molecule has 0 bridgehead atoms. The molecule has 0 amide bonds. The number of methoxy groups -OCH3 is 6. The van der Waals surface area contributed by atoms with E-state index >= 15 is 0 Å². The summed E-state index contributed by atoms with van der Waals surface area (Å²) >= 11 is 21.0. The Bertz CT molecular complexity index is 3290. The Morgan fingerprint density at radius 2 is 0.918 bits per heavy atom. The van der Waals surface area contributed by atoms with Gasteiger partial charge in [-0.05, 0) is 32.6 Å². The molecule has 0 aliphatic carbocycles. The molecular formula is C46H50BrCl3FN15O7-2. The van der Waals surface area contributed by atoms with Gasteiger partial charge < -0.3 is 51.8 Å². The maximum atomic E-state index is 11.7. The first kappa shape index (κ1) is 56.8. The van der Waals surface area contributed by atoms with Gasteiger partial charge in [-0.2, -0.15) is 9.97 Å². The molecule has 6 N–H and O–H groups in total. The van der Waals surface area contributed by atoms with Crippen molar-refractivity contribution in [2.24, 2.45) is 0 Å². The number of fused-ring (bicyclic) bond motifs is 3. The SMILES string of the molecule is C.COC(=O)c1nc(N)c2nc(OC)n(Cc3ccccc3)c2n1.COc1nc2c(N)nc(C(OC)(OC)OC)nc2n1Cc1ccccc1.Nc1nc(C(Cl)(Cl)Cl)nc2c1nc(Br)n2Cc1ccccc1.[2H-].[F-]. The van der Waals surface area contributed by atoms with Crippen LogP contribution in [0.1, 0.15) is 47.8 Å². The minimum absolute atomic E-state index is 0. The van der Waals surface area contributed by atoms with Crippen LogP contribution < -0.4 is 31.4 Å². The van der Waals surface area contributed by atoms with Gasteiger partial charge in [0, 0.05) is 21.3 Å². The van der Waals surface area contributed by atoms with Gasteiger partial charge in [-0.15, -0.1) is 0 Å². The molecule has 0 atom stereocenters. The Hall–Kier alpha value is -7.06. The highest BCUT2D eigenvalue weighted by Crippen LogP contribution is 2.38. The van der Waals surface area contributed by atoms with Gasteiger partial charge in [-0.25, -0.2) is 39.7 Å². The fraction of sp³-hybridized carbons (Fsp3) is 0.261. The lowest BCUT2D eigenvalue weighted by atomic mass is 10.2. The number of esters is 1. The second-order valence-corrected chi connectivity index (χ2v) is 17.8. The zero-order valence-corrected chi connectivity index (χ0v) is 43.0. The lowest BCUT2D eigenvalue weighted by Gasteiger charge is -2.26. The van der Waals surface area contributed by atoms with Gasteiger partial charge in [-0.1, -0.05) is 133 Å². The van der Waals surface area contributed by atoms with Crippen LogP contribution in [0.25, 0.3) is 33.5 Å². The number of halogens is 5. The summed E-state index contributed by atoms with van der Waals surface area (Å²) < 4.78 is 35.5. The van der Waals surface area contributed by atoms with Crippen LogP contribution in [-0.2, 0) is 48.3 Å². The summed E-state index contributed by atoms with van der Waals surface area (Å²) in [5, 5.41) is 0. The van der Waals surface area contributed by atoms with Crippen LogP contribution in [0, 0.1) is 0 Å². The smallest absolute Gasteiger partial charge is 0.376 e. The predicted molar refractivity (Wildman–Crippen MR) is 278 cm³/mol. The molecule has 0 aliphatic rings. The number of aromatic nitrogens is 12. The van der Waals surface area contributed by atoms with E-state index in [4.69, 9.17) is 75.7 Å². The molecule has 6 heterocycles. The number of nitrogens with zero attached hydrogens (tertiary/aromatic N) is 12. The second-order valence-electron chi connectivity index (χ2n) is 14.8. The molecule has 27 heteroatoms. The van der Waals surface area contributed by atoms with Crippen molar-refractivity contribution in [3.8, 4) is 12.0 Å². The van der Waals surface area contributed by atoms with E-state index in [2.05, 4.69) is 65.5 Å². The number of anilines is 3. The molecule has 9 aromatic rings. The largest absolute Gasteiger partial charge is 1.00 e. The number of carbonyl (C=O) groups excluding carboxylic acids is 1. The minimum atomic E-state index is -1.75. The van der Waals surface area contributed by atoms with E-state index in [1.54, 1.807) is 9.13 Å². The van der Waals surface area contributed by atoms with Crippen LogP contribution in [0.4, 0.5) is 17.5 Å². The van der Waals surface area contributed by atoms with Crippen LogP contribution in [-0.4, -0.2) is 107 Å². The fourth-order valence-electron chi connectivity index (χ4n) is 7.00. The number of alkyl halides is 3. The van der Waals surface area contributed by atoms with E-state index in [9.17, 15) is 4.79 Å². The standard InChI is InChI=1S/C17H21N5O4.C15H15N5O3.C13H9BrCl3N5.CH4.FH.H/c1-23-16-19-12-13(18)20-15(17(24-2,25-3)26-4)21-14(12)22(16)10-11-8-6-5-7-9-11;1-22-14(21)12-18-11(16)10-13(19-12)20(15(17-10)23-2)8-9-6-4-3-5-7-9;14-12-19-8-9(18)20-11(13(15,16)17)21-10(8)22(12)6-7-4-2-1-3-5-7;;;/h5-9H,10H2,1-4H3,(H2,18,20,21);3-7H,8H2,1-2H3,(H2,16,18,19);1-5H,6H2,(H2,18,20,21);1H4;1H;/q;;;;;-1/p-1/i;;;;;1+1. The van der Waals surface area contributed by atoms with Crippen molar-refractivity contribution in [1.82, 2.24) is 58.6 Å². The molecule has 22 nitrogen and oxygen atoms in total. The minimum Gasteiger partial charge on any atom is -1.00 e. The van der Waals surface area contributed by atoms with E-state index in [-0.39, 0.29) is 48.5 Å². The highest BCUT2D eigenvalue weighted by atomic mass is 79.9. The summed E-state index contributed by atoms with van der Waals surface area (Å²) in [5.41, 5.74) is 23.7. The topological polar surface area (TPSA) is 281 Å². The summed E-state index contributed by atoms with van der Waals surface area (Å²) in [6, 6.07) is 30.2. The average Bonchev–Trinajstić information content (AvgIpc) is 4.03. The first-order chi connectivity index (χ1) is 34.1. The first-order valence-electron chi connectivity index (χ1n) is 20.9. The molecule has 0 aliphatic heterocycles. The number of benzene rings is 3. The Morgan fingerprint density at radius 1 is 0.548 bits per heavy atom. The summed E-state index contributed by atoms with van der Waals surface area (Å²) in [6.07, 6.45) is 0. The van der Waals surface area contributed by atoms with Crippen molar-refractivity contribution in [3.63, 3.8) is 0 Å². The molecule has 0 unspecified atom stereocenters. The van der Waals surface area contributed by atoms with Crippen molar-refractivity contribution in [2.75, 3.05) is 59.9 Å². The third-order valence-electron chi connectivity index (χ3n) is 10.4. The van der Waals surface area contributed by atoms with Gasteiger partial charge in [0.1, 0.15) is 0 Å². The van der Waals surface area contributed by atoms with E-state index in [1.807, 2.05) is 95.6 Å². The van der Waals surface area contributed by atoms with E-state index in [1.165, 1.54) is 42.7 Å². The van der Waals surface area contributed by atoms with E-state index in [0.29, 0.717) is 69.9 Å². The zero-order valence-electron chi connectivity index (χ0n) is 40.1.